The monoisotopic (exact) mass is 91.1 g/mol. The lowest BCUT2D eigenvalue weighted by Gasteiger charge is -1.90. The van der Waals surface area contributed by atoms with E-state index in [4.69, 9.17) is 0 Å². The first-order chi connectivity index (χ1) is 2.77. The maximum Gasteiger partial charge on any atom is 0.0926 e. The highest BCUT2D eigenvalue weighted by molar-refractivity contribution is 4.40. The summed E-state index contributed by atoms with van der Waals surface area (Å²) in [6.07, 6.45) is -0.574. The van der Waals surface area contributed by atoms with Crippen molar-refractivity contribution in [3.63, 3.8) is 0 Å². The molecule has 1 atom stereocenters. The molecule has 2 heteroatoms. The molecule has 0 bridgehead atoms. The normalized spacial score (nSPS) is 14.5. The average molecular weight is 91.1 g/mol. The van der Waals surface area contributed by atoms with Crippen molar-refractivity contribution in [1.29, 1.82) is 0 Å². The van der Waals surface area contributed by atoms with Gasteiger partial charge in [-0.15, -0.1) is 0 Å². The zero-order chi connectivity index (χ0) is 4.99. The van der Waals surface area contributed by atoms with E-state index in [1.807, 2.05) is 0 Å². The Balaban J connectivity index is 2.63. The average Bonchev–Trinajstić information content (AvgIpc) is 1.35. The van der Waals surface area contributed by atoms with Crippen LogP contribution in [0, 0.1) is 0 Å². The molecule has 0 heterocycles. The second kappa shape index (κ2) is 3.09. The van der Waals surface area contributed by atoms with Crippen LogP contribution >= 0.6 is 0 Å². The van der Waals surface area contributed by atoms with Crippen LogP contribution in [-0.2, 0) is 5.11 Å². The summed E-state index contributed by atoms with van der Waals surface area (Å²) in [6.45, 7) is 0.976. The van der Waals surface area contributed by atoms with E-state index in [0.29, 0.717) is 0 Å². The van der Waals surface area contributed by atoms with Crippen molar-refractivity contribution in [3.8, 4) is 0 Å². The highest BCUT2D eigenvalue weighted by Crippen LogP contribution is 1.87. The lowest BCUT2D eigenvalue weighted by atomic mass is 10.3. The second-order valence-electron chi connectivity index (χ2n) is 1.29. The van der Waals surface area contributed by atoms with Crippen LogP contribution in [0.5, 0.6) is 0 Å². The topological polar surface area (TPSA) is 19.9 Å². The molecule has 0 aliphatic rings. The molecule has 0 fully saturated rings. The Labute approximate surface area is 36.8 Å². The fourth-order valence-corrected chi connectivity index (χ4v) is 0.154. The number of rotatable bonds is 2. The molecule has 0 aromatic rings. The van der Waals surface area contributed by atoms with Gasteiger partial charge in [-0.1, -0.05) is 0 Å². The summed E-state index contributed by atoms with van der Waals surface area (Å²) in [5, 5.41) is 9.89. The smallest absolute Gasteiger partial charge is 0.0926 e. The van der Waals surface area contributed by atoms with Crippen LogP contribution in [-0.4, -0.2) is 12.8 Å². The molecule has 0 spiro atoms. The molecule has 1 nitrogen and oxygen atoms in total. The summed E-state index contributed by atoms with van der Waals surface area (Å²) < 4.78 is 11.0. The zero-order valence-electron chi connectivity index (χ0n) is 3.78. The van der Waals surface area contributed by atoms with Crippen LogP contribution in [0.15, 0.2) is 0 Å². The van der Waals surface area contributed by atoms with E-state index in [0.717, 1.165) is 0 Å². The largest absolute Gasteiger partial charge is 0.251 e. The molecule has 0 aromatic heterocycles. The van der Waals surface area contributed by atoms with Gasteiger partial charge in [0.1, 0.15) is 0 Å². The minimum atomic E-state index is -0.727. The van der Waals surface area contributed by atoms with Gasteiger partial charge in [0, 0.05) is 6.42 Å². The Bertz CT molecular complexity index is 28.7. The number of halogens is 1. The van der Waals surface area contributed by atoms with E-state index >= 15 is 0 Å². The molecule has 0 aliphatic carbocycles. The maximum atomic E-state index is 11.0. The Hall–Kier alpha value is -0.110. The minimum Gasteiger partial charge on any atom is -0.251 e. The molecular formula is C4H8FO. The zero-order valence-corrected chi connectivity index (χ0v) is 3.78. The van der Waals surface area contributed by atoms with E-state index in [1.54, 1.807) is 0 Å². The third-order valence-corrected chi connectivity index (χ3v) is 0.516. The Morgan fingerprint density at radius 1 is 1.83 bits per heavy atom. The molecular weight excluding hydrogens is 83.0 g/mol. The van der Waals surface area contributed by atoms with Gasteiger partial charge in [0.05, 0.1) is 12.8 Å². The fraction of sp³-hybridized carbons (Fsp3) is 1.00. The van der Waals surface area contributed by atoms with E-state index in [9.17, 15) is 9.50 Å². The SMILES string of the molecule is CC([O])CCF. The predicted molar refractivity (Wildman–Crippen MR) is 20.7 cm³/mol. The van der Waals surface area contributed by atoms with Gasteiger partial charge in [-0.3, -0.25) is 4.39 Å². The van der Waals surface area contributed by atoms with Crippen LogP contribution in [0.2, 0.25) is 0 Å². The standard InChI is InChI=1S/C4H8FO/c1-4(6)2-3-5/h4H,2-3H2,1H3. The van der Waals surface area contributed by atoms with Crippen molar-refractivity contribution in [2.24, 2.45) is 0 Å². The second-order valence-corrected chi connectivity index (χ2v) is 1.29. The third kappa shape index (κ3) is 3.89. The molecule has 0 saturated carbocycles. The van der Waals surface area contributed by atoms with Gasteiger partial charge in [0.15, 0.2) is 0 Å². The predicted octanol–water partition coefficient (Wildman–Crippen LogP) is 1.17. The highest BCUT2D eigenvalue weighted by atomic mass is 19.1. The van der Waals surface area contributed by atoms with Crippen molar-refractivity contribution in [3.05, 3.63) is 0 Å². The summed E-state index contributed by atoms with van der Waals surface area (Å²) in [7, 11) is 0. The van der Waals surface area contributed by atoms with Crippen LogP contribution in [0.4, 0.5) is 4.39 Å². The fourth-order valence-electron chi connectivity index (χ4n) is 0.154. The molecule has 0 saturated heterocycles. The van der Waals surface area contributed by atoms with Crippen molar-refractivity contribution in [2.75, 3.05) is 6.67 Å². The lowest BCUT2D eigenvalue weighted by Crippen LogP contribution is -1.96. The number of hydrogen-bond donors (Lipinski definition) is 0. The van der Waals surface area contributed by atoms with Crippen molar-refractivity contribution < 1.29 is 9.50 Å². The molecule has 0 aliphatic heterocycles. The molecule has 0 amide bonds. The highest BCUT2D eigenvalue weighted by Gasteiger charge is 1.92. The first-order valence-corrected chi connectivity index (χ1v) is 1.99. The maximum absolute atomic E-state index is 11.0. The van der Waals surface area contributed by atoms with Crippen LogP contribution in [0.3, 0.4) is 0 Å². The van der Waals surface area contributed by atoms with Crippen LogP contribution in [0.1, 0.15) is 13.3 Å². The minimum absolute atomic E-state index is 0.153. The number of alkyl halides is 1. The first-order valence-electron chi connectivity index (χ1n) is 1.99. The summed E-state index contributed by atoms with van der Waals surface area (Å²) in [4.78, 5) is 0. The van der Waals surface area contributed by atoms with E-state index in [2.05, 4.69) is 0 Å². The Morgan fingerprint density at radius 2 is 2.33 bits per heavy atom. The van der Waals surface area contributed by atoms with E-state index in [-0.39, 0.29) is 6.42 Å². The van der Waals surface area contributed by atoms with Crippen molar-refractivity contribution >= 4 is 0 Å². The molecule has 37 valence electrons. The quantitative estimate of drug-likeness (QED) is 0.486. The third-order valence-electron chi connectivity index (χ3n) is 0.516. The first kappa shape index (κ1) is 5.89. The van der Waals surface area contributed by atoms with Gasteiger partial charge in [-0.05, 0) is 6.92 Å². The van der Waals surface area contributed by atoms with Gasteiger partial charge in [-0.2, -0.15) is 0 Å². The van der Waals surface area contributed by atoms with Gasteiger partial charge in [0.25, 0.3) is 0 Å². The van der Waals surface area contributed by atoms with E-state index < -0.39 is 12.8 Å². The van der Waals surface area contributed by atoms with Gasteiger partial charge in [0.2, 0.25) is 0 Å². The molecule has 0 rings (SSSR count). The van der Waals surface area contributed by atoms with Gasteiger partial charge < -0.3 is 0 Å². The molecule has 1 unspecified atom stereocenters. The van der Waals surface area contributed by atoms with Crippen LogP contribution in [0.25, 0.3) is 0 Å². The summed E-state index contributed by atoms with van der Waals surface area (Å²) in [5.41, 5.74) is 0. The van der Waals surface area contributed by atoms with Gasteiger partial charge in [-0.25, -0.2) is 5.11 Å². The molecule has 0 aromatic carbocycles. The summed E-state index contributed by atoms with van der Waals surface area (Å²) in [5.74, 6) is 0. The molecule has 6 heavy (non-hydrogen) atoms. The van der Waals surface area contributed by atoms with Crippen LogP contribution < -0.4 is 0 Å². The van der Waals surface area contributed by atoms with Crippen molar-refractivity contribution in [1.82, 2.24) is 0 Å². The van der Waals surface area contributed by atoms with Gasteiger partial charge >= 0.3 is 0 Å². The van der Waals surface area contributed by atoms with Crippen molar-refractivity contribution in [2.45, 2.75) is 19.4 Å². The summed E-state index contributed by atoms with van der Waals surface area (Å²) in [6, 6.07) is 0. The molecule has 0 N–H and O–H groups in total. The lowest BCUT2D eigenvalue weighted by molar-refractivity contribution is 0.0909. The molecule has 1 radical (unpaired) electrons. The Kier molecular flexibility index (Phi) is 3.04. The number of hydrogen-bond acceptors (Lipinski definition) is 0. The summed E-state index contributed by atoms with van der Waals surface area (Å²) >= 11 is 0. The van der Waals surface area contributed by atoms with E-state index in [1.165, 1.54) is 6.92 Å². The Morgan fingerprint density at radius 3 is 2.33 bits per heavy atom.